The van der Waals surface area contributed by atoms with Crippen LogP contribution in [0.15, 0.2) is 0 Å². The Morgan fingerprint density at radius 3 is 3.21 bits per heavy atom. The van der Waals surface area contributed by atoms with E-state index in [9.17, 15) is 0 Å². The maximum absolute atomic E-state index is 5.47. The Bertz CT molecular complexity index is 393. The molecule has 0 amide bonds. The van der Waals surface area contributed by atoms with Gasteiger partial charge in [0.2, 0.25) is 5.95 Å². The largest absolute Gasteiger partial charge is 0.373 e. The lowest BCUT2D eigenvalue weighted by molar-refractivity contribution is 0.116. The first-order chi connectivity index (χ1) is 9.36. The van der Waals surface area contributed by atoms with E-state index in [0.717, 1.165) is 50.4 Å². The van der Waals surface area contributed by atoms with Gasteiger partial charge in [0, 0.05) is 25.7 Å². The van der Waals surface area contributed by atoms with Crippen LogP contribution in [0.1, 0.15) is 32.0 Å². The van der Waals surface area contributed by atoms with E-state index in [1.54, 1.807) is 0 Å². The SMILES string of the molecule is CCCOCc1nc(N2CC3CCCNC3C2)n[nH]1. The summed E-state index contributed by atoms with van der Waals surface area (Å²) >= 11 is 0. The van der Waals surface area contributed by atoms with Gasteiger partial charge in [0.15, 0.2) is 5.82 Å². The Morgan fingerprint density at radius 2 is 2.37 bits per heavy atom. The van der Waals surface area contributed by atoms with Crippen molar-refractivity contribution < 1.29 is 4.74 Å². The average Bonchev–Trinajstić information content (AvgIpc) is 3.04. The van der Waals surface area contributed by atoms with Crippen LogP contribution in [0.25, 0.3) is 0 Å². The van der Waals surface area contributed by atoms with Crippen LogP contribution in [0.3, 0.4) is 0 Å². The molecule has 6 heteroatoms. The Labute approximate surface area is 113 Å². The molecule has 106 valence electrons. The fourth-order valence-electron chi connectivity index (χ4n) is 3.01. The lowest BCUT2D eigenvalue weighted by atomic mass is 9.94. The molecule has 2 atom stereocenters. The fourth-order valence-corrected chi connectivity index (χ4v) is 3.01. The molecule has 3 heterocycles. The number of hydrogen-bond donors (Lipinski definition) is 2. The van der Waals surface area contributed by atoms with Crippen molar-refractivity contribution in [3.8, 4) is 0 Å². The van der Waals surface area contributed by atoms with E-state index < -0.39 is 0 Å². The van der Waals surface area contributed by atoms with Gasteiger partial charge in [0.05, 0.1) is 0 Å². The van der Waals surface area contributed by atoms with Gasteiger partial charge >= 0.3 is 0 Å². The van der Waals surface area contributed by atoms with E-state index in [0.29, 0.717) is 12.6 Å². The summed E-state index contributed by atoms with van der Waals surface area (Å²) in [6.45, 7) is 6.65. The van der Waals surface area contributed by atoms with Gasteiger partial charge in [-0.15, -0.1) is 5.10 Å². The molecule has 2 aliphatic rings. The lowest BCUT2D eigenvalue weighted by Gasteiger charge is -2.24. The molecule has 2 saturated heterocycles. The van der Waals surface area contributed by atoms with Crippen LogP contribution >= 0.6 is 0 Å². The summed E-state index contributed by atoms with van der Waals surface area (Å²) in [6.07, 6.45) is 3.65. The second-order valence-corrected chi connectivity index (χ2v) is 5.50. The molecular formula is C13H23N5O. The molecule has 2 unspecified atom stereocenters. The Morgan fingerprint density at radius 1 is 1.42 bits per heavy atom. The predicted octanol–water partition coefficient (Wildman–Crippen LogP) is 0.919. The zero-order valence-corrected chi connectivity index (χ0v) is 11.6. The standard InChI is InChI=1S/C13H23N5O/c1-2-6-19-9-12-15-13(17-16-12)18-7-10-4-3-5-14-11(10)8-18/h10-11,14H,2-9H2,1H3,(H,15,16,17). The van der Waals surface area contributed by atoms with Crippen LogP contribution in [0.4, 0.5) is 5.95 Å². The highest BCUT2D eigenvalue weighted by Gasteiger charge is 2.35. The summed E-state index contributed by atoms with van der Waals surface area (Å²) < 4.78 is 5.47. The third-order valence-electron chi connectivity index (χ3n) is 3.99. The molecule has 6 nitrogen and oxygen atoms in total. The van der Waals surface area contributed by atoms with Crippen LogP contribution in [-0.2, 0) is 11.3 Å². The molecule has 1 aromatic heterocycles. The number of nitrogens with zero attached hydrogens (tertiary/aromatic N) is 3. The van der Waals surface area contributed by atoms with Gasteiger partial charge in [-0.1, -0.05) is 6.92 Å². The first kappa shape index (κ1) is 12.9. The predicted molar refractivity (Wildman–Crippen MR) is 73.1 cm³/mol. The van der Waals surface area contributed by atoms with Gasteiger partial charge in [-0.25, -0.2) is 0 Å². The van der Waals surface area contributed by atoms with E-state index in [-0.39, 0.29) is 0 Å². The van der Waals surface area contributed by atoms with E-state index in [4.69, 9.17) is 4.74 Å². The molecule has 0 radical (unpaired) electrons. The minimum absolute atomic E-state index is 0.528. The summed E-state index contributed by atoms with van der Waals surface area (Å²) in [5.74, 6) is 2.41. The highest BCUT2D eigenvalue weighted by molar-refractivity contribution is 5.32. The van der Waals surface area contributed by atoms with Crippen LogP contribution in [0.5, 0.6) is 0 Å². The lowest BCUT2D eigenvalue weighted by Crippen LogP contribution is -2.40. The summed E-state index contributed by atoms with van der Waals surface area (Å²) in [6, 6.07) is 0.618. The summed E-state index contributed by atoms with van der Waals surface area (Å²) in [7, 11) is 0. The molecule has 0 bridgehead atoms. The normalized spacial score (nSPS) is 26.7. The molecule has 0 spiro atoms. The number of nitrogens with one attached hydrogen (secondary N) is 2. The number of piperidine rings is 1. The van der Waals surface area contributed by atoms with E-state index in [1.807, 2.05) is 0 Å². The summed E-state index contributed by atoms with van der Waals surface area (Å²) in [5, 5.41) is 10.9. The number of rotatable bonds is 5. The van der Waals surface area contributed by atoms with Gasteiger partial charge in [0.25, 0.3) is 0 Å². The van der Waals surface area contributed by atoms with Crippen LogP contribution in [0.2, 0.25) is 0 Å². The fraction of sp³-hybridized carbons (Fsp3) is 0.846. The first-order valence-corrected chi connectivity index (χ1v) is 7.34. The zero-order chi connectivity index (χ0) is 13.1. The van der Waals surface area contributed by atoms with Crippen LogP contribution < -0.4 is 10.2 Å². The topological polar surface area (TPSA) is 66.1 Å². The highest BCUT2D eigenvalue weighted by atomic mass is 16.5. The molecule has 2 N–H and O–H groups in total. The second kappa shape index (κ2) is 5.88. The molecule has 0 aliphatic carbocycles. The number of aromatic nitrogens is 3. The number of aromatic amines is 1. The highest BCUT2D eigenvalue weighted by Crippen LogP contribution is 2.27. The summed E-state index contributed by atoms with van der Waals surface area (Å²) in [5.41, 5.74) is 0. The molecular weight excluding hydrogens is 242 g/mol. The third-order valence-corrected chi connectivity index (χ3v) is 3.99. The minimum atomic E-state index is 0.528. The van der Waals surface area contributed by atoms with Crippen molar-refractivity contribution in [1.29, 1.82) is 0 Å². The average molecular weight is 265 g/mol. The number of anilines is 1. The van der Waals surface area contributed by atoms with Gasteiger partial charge in [-0.05, 0) is 31.7 Å². The smallest absolute Gasteiger partial charge is 0.244 e. The maximum Gasteiger partial charge on any atom is 0.244 e. The monoisotopic (exact) mass is 265 g/mol. The third kappa shape index (κ3) is 2.90. The number of ether oxygens (including phenoxy) is 1. The van der Waals surface area contributed by atoms with Crippen molar-refractivity contribution in [3.63, 3.8) is 0 Å². The number of H-pyrrole nitrogens is 1. The first-order valence-electron chi connectivity index (χ1n) is 7.34. The van der Waals surface area contributed by atoms with E-state index in [2.05, 4.69) is 32.3 Å². The second-order valence-electron chi connectivity index (χ2n) is 5.50. The Balaban J connectivity index is 1.57. The van der Waals surface area contributed by atoms with Crippen LogP contribution in [-0.4, -0.2) is 47.5 Å². The molecule has 1 aromatic rings. The minimum Gasteiger partial charge on any atom is -0.373 e. The molecule has 2 fully saturated rings. The molecule has 3 rings (SSSR count). The van der Waals surface area contributed by atoms with E-state index >= 15 is 0 Å². The van der Waals surface area contributed by atoms with Crippen molar-refractivity contribution in [1.82, 2.24) is 20.5 Å². The molecule has 2 aliphatic heterocycles. The van der Waals surface area contributed by atoms with Crippen molar-refractivity contribution in [2.45, 2.75) is 38.8 Å². The van der Waals surface area contributed by atoms with Crippen molar-refractivity contribution in [2.24, 2.45) is 5.92 Å². The van der Waals surface area contributed by atoms with Crippen LogP contribution in [0, 0.1) is 5.92 Å². The maximum atomic E-state index is 5.47. The van der Waals surface area contributed by atoms with Gasteiger partial charge in [0.1, 0.15) is 6.61 Å². The molecule has 19 heavy (non-hydrogen) atoms. The van der Waals surface area contributed by atoms with Crippen molar-refractivity contribution >= 4 is 5.95 Å². The summed E-state index contributed by atoms with van der Waals surface area (Å²) in [4.78, 5) is 6.81. The number of hydrogen-bond acceptors (Lipinski definition) is 5. The van der Waals surface area contributed by atoms with Gasteiger partial charge in [-0.3, -0.25) is 5.10 Å². The zero-order valence-electron chi connectivity index (χ0n) is 11.6. The number of fused-ring (bicyclic) bond motifs is 1. The van der Waals surface area contributed by atoms with Gasteiger partial charge in [-0.2, -0.15) is 4.98 Å². The van der Waals surface area contributed by atoms with E-state index in [1.165, 1.54) is 12.8 Å². The van der Waals surface area contributed by atoms with Crippen molar-refractivity contribution in [3.05, 3.63) is 5.82 Å². The Kier molecular flexibility index (Phi) is 3.98. The molecule has 0 saturated carbocycles. The van der Waals surface area contributed by atoms with Crippen molar-refractivity contribution in [2.75, 3.05) is 31.1 Å². The quantitative estimate of drug-likeness (QED) is 0.775. The van der Waals surface area contributed by atoms with Gasteiger partial charge < -0.3 is 15.0 Å². The Hall–Kier alpha value is -1.14. The molecule has 0 aromatic carbocycles.